The molecule has 202 valence electrons. The van der Waals surface area contributed by atoms with Gasteiger partial charge in [0, 0.05) is 23.1 Å². The van der Waals surface area contributed by atoms with Gasteiger partial charge in [0.15, 0.2) is 0 Å². The average Bonchev–Trinajstić information content (AvgIpc) is 3.26. The summed E-state index contributed by atoms with van der Waals surface area (Å²) in [5.74, 6) is 0.868. The van der Waals surface area contributed by atoms with E-state index in [0.717, 1.165) is 39.4 Å². The van der Waals surface area contributed by atoms with Gasteiger partial charge in [0.25, 0.3) is 0 Å². The van der Waals surface area contributed by atoms with Crippen LogP contribution in [0.4, 0.5) is 0 Å². The molecule has 0 radical (unpaired) electrons. The molecule has 6 rings (SSSR count). The summed E-state index contributed by atoms with van der Waals surface area (Å²) in [6, 6.07) is 36.7. The van der Waals surface area contributed by atoms with Crippen molar-refractivity contribution in [2.75, 3.05) is 0 Å². The van der Waals surface area contributed by atoms with Crippen LogP contribution in [0.3, 0.4) is 0 Å². The van der Waals surface area contributed by atoms with Gasteiger partial charge in [0.2, 0.25) is 0 Å². The Kier molecular flexibility index (Phi) is 7.19. The molecule has 6 aromatic rings. The second kappa shape index (κ2) is 10.3. The van der Waals surface area contributed by atoms with Gasteiger partial charge >= 0.3 is 16.5 Å². The van der Waals surface area contributed by atoms with Crippen LogP contribution in [0.5, 0.6) is 0 Å². The van der Waals surface area contributed by atoms with E-state index in [-0.39, 0.29) is 27.3 Å². The number of hydrogen-bond donors (Lipinski definition) is 0. The fourth-order valence-electron chi connectivity index (χ4n) is 5.07. The molecular formula is C36H33N3Ni. The number of fused-ring (bicyclic) bond motifs is 3. The topological polar surface area (TPSA) is 30.7 Å². The molecule has 0 aliphatic carbocycles. The summed E-state index contributed by atoms with van der Waals surface area (Å²) in [6.45, 7) is 13.6. The van der Waals surface area contributed by atoms with Gasteiger partial charge in [-0.25, -0.2) is 0 Å². The predicted molar refractivity (Wildman–Crippen MR) is 162 cm³/mol. The van der Waals surface area contributed by atoms with Gasteiger partial charge < -0.3 is 4.57 Å². The Bertz CT molecular complexity index is 1750. The first-order valence-corrected chi connectivity index (χ1v) is 13.5. The standard InChI is InChI=1S/C36H33N3.Ni/c1-35(2,3)26-16-18-32-28(22-26)29-23-27(36(4,5)6)17-19-33(29)39(32)34-15-10-14-31(38-34)25-12-9-11-24(21-25)30-13-7-8-20-37-30;/h7-18,20,22-23H,1-6H3;/q-2;+2. The summed E-state index contributed by atoms with van der Waals surface area (Å²) < 4.78 is 2.25. The van der Waals surface area contributed by atoms with Crippen LogP contribution in [0.25, 0.3) is 50.1 Å². The Morgan fingerprint density at radius 3 is 2.05 bits per heavy atom. The monoisotopic (exact) mass is 565 g/mol. The molecule has 0 bridgehead atoms. The number of rotatable bonds is 3. The van der Waals surface area contributed by atoms with E-state index in [9.17, 15) is 0 Å². The molecule has 4 heteroatoms. The van der Waals surface area contributed by atoms with Gasteiger partial charge in [-0.1, -0.05) is 100.0 Å². The molecule has 3 aromatic carbocycles. The third-order valence-electron chi connectivity index (χ3n) is 7.38. The molecule has 0 saturated heterocycles. The van der Waals surface area contributed by atoms with E-state index in [1.165, 1.54) is 21.9 Å². The van der Waals surface area contributed by atoms with E-state index in [0.29, 0.717) is 0 Å². The van der Waals surface area contributed by atoms with E-state index in [1.54, 1.807) is 0 Å². The quantitative estimate of drug-likeness (QED) is 0.158. The van der Waals surface area contributed by atoms with Gasteiger partial charge in [0.05, 0.1) is 0 Å². The smallest absolute Gasteiger partial charge is 0.320 e. The van der Waals surface area contributed by atoms with Crippen molar-refractivity contribution in [3.8, 4) is 28.3 Å². The van der Waals surface area contributed by atoms with E-state index >= 15 is 0 Å². The predicted octanol–water partition coefficient (Wildman–Crippen LogP) is 9.10. The first-order valence-electron chi connectivity index (χ1n) is 13.5. The Morgan fingerprint density at radius 1 is 0.675 bits per heavy atom. The van der Waals surface area contributed by atoms with Crippen molar-refractivity contribution in [1.29, 1.82) is 0 Å². The second-order valence-electron chi connectivity index (χ2n) is 12.3. The zero-order valence-corrected chi connectivity index (χ0v) is 24.8. The number of aromatic nitrogens is 3. The van der Waals surface area contributed by atoms with E-state index in [2.05, 4.69) is 112 Å². The summed E-state index contributed by atoms with van der Waals surface area (Å²) in [5.41, 5.74) is 8.53. The van der Waals surface area contributed by atoms with Crippen molar-refractivity contribution in [1.82, 2.24) is 14.5 Å². The third-order valence-corrected chi connectivity index (χ3v) is 7.38. The Morgan fingerprint density at radius 2 is 1.35 bits per heavy atom. The Balaban J connectivity index is 0.00000323. The minimum Gasteiger partial charge on any atom is -0.320 e. The molecule has 0 spiro atoms. The molecule has 40 heavy (non-hydrogen) atoms. The Labute approximate surface area is 247 Å². The number of pyridine rings is 2. The molecule has 3 heterocycles. The Hall–Kier alpha value is -3.75. The third kappa shape index (κ3) is 5.09. The van der Waals surface area contributed by atoms with Crippen molar-refractivity contribution in [3.05, 3.63) is 114 Å². The van der Waals surface area contributed by atoms with Crippen LogP contribution in [0.15, 0.2) is 91.1 Å². The van der Waals surface area contributed by atoms with Gasteiger partial charge in [-0.3, -0.25) is 9.97 Å². The fraction of sp³-hybridized carbons (Fsp3) is 0.222. The maximum Gasteiger partial charge on any atom is 2.00 e. The van der Waals surface area contributed by atoms with Crippen LogP contribution in [0.2, 0.25) is 0 Å². The normalized spacial score (nSPS) is 12.1. The SMILES string of the molecule is CC(C)(C)c1c[c-]c2c(c1)c1cc(C(C)(C)C)ccc1n2-c1cccc(-c2[c-]c(-c3ccccn3)ccc2)n1.[Ni+2]. The van der Waals surface area contributed by atoms with Crippen LogP contribution >= 0.6 is 0 Å². The molecule has 0 N–H and O–H groups in total. The maximum atomic E-state index is 5.15. The first-order chi connectivity index (χ1) is 18.6. The molecule has 0 fully saturated rings. The van der Waals surface area contributed by atoms with E-state index in [1.807, 2.05) is 42.6 Å². The van der Waals surface area contributed by atoms with Gasteiger partial charge in [-0.05, 0) is 34.6 Å². The van der Waals surface area contributed by atoms with Crippen LogP contribution < -0.4 is 0 Å². The van der Waals surface area contributed by atoms with Crippen molar-refractivity contribution in [2.45, 2.75) is 52.4 Å². The van der Waals surface area contributed by atoms with E-state index < -0.39 is 0 Å². The van der Waals surface area contributed by atoms with Crippen LogP contribution in [0, 0.1) is 12.1 Å². The van der Waals surface area contributed by atoms with Crippen molar-refractivity contribution >= 4 is 21.8 Å². The molecule has 0 aliphatic rings. The van der Waals surface area contributed by atoms with Crippen molar-refractivity contribution in [2.24, 2.45) is 0 Å². The molecular weight excluding hydrogens is 533 g/mol. The number of hydrogen-bond acceptors (Lipinski definition) is 2. The van der Waals surface area contributed by atoms with Gasteiger partial charge in [-0.2, -0.15) is 18.2 Å². The number of nitrogens with zero attached hydrogens (tertiary/aromatic N) is 3. The molecule has 0 aliphatic heterocycles. The van der Waals surface area contributed by atoms with E-state index in [4.69, 9.17) is 4.98 Å². The zero-order chi connectivity index (χ0) is 27.4. The van der Waals surface area contributed by atoms with Gasteiger partial charge in [-0.15, -0.1) is 35.2 Å². The zero-order valence-electron chi connectivity index (χ0n) is 23.8. The van der Waals surface area contributed by atoms with Crippen LogP contribution in [0.1, 0.15) is 52.7 Å². The number of benzene rings is 3. The summed E-state index contributed by atoms with van der Waals surface area (Å²) in [5, 5.41) is 2.44. The largest absolute Gasteiger partial charge is 2.00 e. The van der Waals surface area contributed by atoms with Crippen LogP contribution in [-0.4, -0.2) is 14.5 Å². The van der Waals surface area contributed by atoms with Crippen molar-refractivity contribution in [3.63, 3.8) is 0 Å². The molecule has 0 atom stereocenters. The molecule has 0 amide bonds. The molecule has 0 unspecified atom stereocenters. The molecule has 0 saturated carbocycles. The minimum absolute atomic E-state index is 0. The minimum atomic E-state index is 0. The average molecular weight is 566 g/mol. The van der Waals surface area contributed by atoms with Gasteiger partial charge in [0.1, 0.15) is 5.82 Å². The van der Waals surface area contributed by atoms with Crippen LogP contribution in [-0.2, 0) is 27.3 Å². The maximum absolute atomic E-state index is 5.15. The summed E-state index contributed by atoms with van der Waals surface area (Å²) >= 11 is 0. The molecule has 3 nitrogen and oxygen atoms in total. The van der Waals surface area contributed by atoms with Crippen molar-refractivity contribution < 1.29 is 16.5 Å². The second-order valence-corrected chi connectivity index (χ2v) is 12.3. The molecule has 3 aromatic heterocycles. The summed E-state index contributed by atoms with van der Waals surface area (Å²) in [4.78, 5) is 9.65. The summed E-state index contributed by atoms with van der Waals surface area (Å²) in [7, 11) is 0. The summed E-state index contributed by atoms with van der Waals surface area (Å²) in [6.07, 6.45) is 1.81. The fourth-order valence-corrected chi connectivity index (χ4v) is 5.07. The first kappa shape index (κ1) is 27.8.